The van der Waals surface area contributed by atoms with Gasteiger partial charge in [-0.15, -0.1) is 0 Å². The number of aryl methyl sites for hydroxylation is 1. The third-order valence-electron chi connectivity index (χ3n) is 3.86. The molecule has 1 aromatic carbocycles. The maximum atomic E-state index is 5.61. The number of ether oxygens (including phenoxy) is 2. The summed E-state index contributed by atoms with van der Waals surface area (Å²) >= 11 is 0. The average molecular weight is 247 g/mol. The molecule has 0 aliphatic carbocycles. The van der Waals surface area contributed by atoms with Crippen LogP contribution in [0.3, 0.4) is 0 Å². The highest BCUT2D eigenvalue weighted by molar-refractivity contribution is 5.42. The van der Waals surface area contributed by atoms with Gasteiger partial charge in [-0.1, -0.05) is 12.1 Å². The first kappa shape index (κ1) is 12.0. The van der Waals surface area contributed by atoms with E-state index >= 15 is 0 Å². The van der Waals surface area contributed by atoms with Gasteiger partial charge >= 0.3 is 0 Å². The van der Waals surface area contributed by atoms with Crippen LogP contribution >= 0.6 is 0 Å². The molecule has 2 heterocycles. The minimum atomic E-state index is 0.857. The monoisotopic (exact) mass is 247 g/mol. The average Bonchev–Trinajstić information content (AvgIpc) is 2.89. The Morgan fingerprint density at radius 2 is 2.00 bits per heavy atom. The Morgan fingerprint density at radius 3 is 2.89 bits per heavy atom. The molecular formula is C15H21NO2. The summed E-state index contributed by atoms with van der Waals surface area (Å²) in [5, 5.41) is 0. The van der Waals surface area contributed by atoms with E-state index in [0.29, 0.717) is 0 Å². The third-order valence-corrected chi connectivity index (χ3v) is 3.86. The van der Waals surface area contributed by atoms with E-state index in [1.807, 2.05) is 0 Å². The first-order valence-corrected chi connectivity index (χ1v) is 6.97. The third kappa shape index (κ3) is 2.68. The number of rotatable bonds is 4. The summed E-state index contributed by atoms with van der Waals surface area (Å²) in [6, 6.07) is 6.47. The molecule has 98 valence electrons. The number of hydrogen-bond donors (Lipinski definition) is 0. The summed E-state index contributed by atoms with van der Waals surface area (Å²) in [5.41, 5.74) is 2.93. The SMILES string of the molecule is c1cc(CCCN2CCOCC2)c2c(c1)OCC2. The van der Waals surface area contributed by atoms with Gasteiger partial charge in [0.25, 0.3) is 0 Å². The van der Waals surface area contributed by atoms with E-state index < -0.39 is 0 Å². The van der Waals surface area contributed by atoms with E-state index in [1.54, 1.807) is 0 Å². The molecule has 0 atom stereocenters. The summed E-state index contributed by atoms with van der Waals surface area (Å²) < 4.78 is 11.0. The Labute approximate surface area is 109 Å². The summed E-state index contributed by atoms with van der Waals surface area (Å²) in [6.45, 7) is 6.03. The predicted molar refractivity (Wildman–Crippen MR) is 71.2 cm³/mol. The van der Waals surface area contributed by atoms with Crippen LogP contribution in [0.2, 0.25) is 0 Å². The van der Waals surface area contributed by atoms with Crippen LogP contribution in [0.25, 0.3) is 0 Å². The minimum Gasteiger partial charge on any atom is -0.493 e. The summed E-state index contributed by atoms with van der Waals surface area (Å²) in [6.07, 6.45) is 3.49. The van der Waals surface area contributed by atoms with Crippen LogP contribution in [0, 0.1) is 0 Å². The molecule has 2 aliphatic rings. The predicted octanol–water partition coefficient (Wildman–Crippen LogP) is 1.89. The molecule has 2 aliphatic heterocycles. The van der Waals surface area contributed by atoms with Gasteiger partial charge in [-0.05, 0) is 31.0 Å². The Hall–Kier alpha value is -1.06. The van der Waals surface area contributed by atoms with Gasteiger partial charge in [-0.25, -0.2) is 0 Å². The maximum Gasteiger partial charge on any atom is 0.122 e. The lowest BCUT2D eigenvalue weighted by Crippen LogP contribution is -2.36. The fourth-order valence-electron chi connectivity index (χ4n) is 2.85. The fourth-order valence-corrected chi connectivity index (χ4v) is 2.85. The standard InChI is InChI=1S/C15H21NO2/c1-3-13(14-6-10-18-15(14)5-1)4-2-7-16-8-11-17-12-9-16/h1,3,5H,2,4,6-12H2. The summed E-state index contributed by atoms with van der Waals surface area (Å²) in [4.78, 5) is 2.50. The van der Waals surface area contributed by atoms with Crippen LogP contribution in [-0.2, 0) is 17.6 Å². The molecule has 1 aromatic rings. The molecule has 1 fully saturated rings. The molecule has 18 heavy (non-hydrogen) atoms. The van der Waals surface area contributed by atoms with Crippen LogP contribution in [0.15, 0.2) is 18.2 Å². The molecule has 3 rings (SSSR count). The minimum absolute atomic E-state index is 0.857. The van der Waals surface area contributed by atoms with Gasteiger partial charge in [0.15, 0.2) is 0 Å². The quantitative estimate of drug-likeness (QED) is 0.811. The highest BCUT2D eigenvalue weighted by Gasteiger charge is 2.15. The zero-order valence-corrected chi connectivity index (χ0v) is 10.9. The smallest absolute Gasteiger partial charge is 0.122 e. The molecule has 0 radical (unpaired) electrons. The lowest BCUT2D eigenvalue weighted by Gasteiger charge is -2.26. The van der Waals surface area contributed by atoms with Crippen molar-refractivity contribution in [2.45, 2.75) is 19.3 Å². The second kappa shape index (κ2) is 5.72. The Balaban J connectivity index is 1.52. The largest absolute Gasteiger partial charge is 0.493 e. The number of fused-ring (bicyclic) bond motifs is 1. The molecule has 1 saturated heterocycles. The fraction of sp³-hybridized carbons (Fsp3) is 0.600. The molecule has 3 nitrogen and oxygen atoms in total. The molecule has 0 saturated carbocycles. The van der Waals surface area contributed by atoms with Crippen molar-refractivity contribution in [1.29, 1.82) is 0 Å². The van der Waals surface area contributed by atoms with Gasteiger partial charge in [0.2, 0.25) is 0 Å². The number of nitrogens with zero attached hydrogens (tertiary/aromatic N) is 1. The lowest BCUT2D eigenvalue weighted by molar-refractivity contribution is 0.0374. The van der Waals surface area contributed by atoms with Crippen LogP contribution in [0.5, 0.6) is 5.75 Å². The second-order valence-corrected chi connectivity index (χ2v) is 5.05. The van der Waals surface area contributed by atoms with E-state index in [9.17, 15) is 0 Å². The van der Waals surface area contributed by atoms with Crippen molar-refractivity contribution >= 4 is 0 Å². The molecule has 0 spiro atoms. The van der Waals surface area contributed by atoms with Crippen molar-refractivity contribution in [1.82, 2.24) is 4.90 Å². The molecule has 0 aromatic heterocycles. The normalized spacial score (nSPS) is 19.6. The highest BCUT2D eigenvalue weighted by Crippen LogP contribution is 2.28. The highest BCUT2D eigenvalue weighted by atomic mass is 16.5. The van der Waals surface area contributed by atoms with Gasteiger partial charge in [0.05, 0.1) is 19.8 Å². The van der Waals surface area contributed by atoms with Crippen molar-refractivity contribution in [2.75, 3.05) is 39.5 Å². The van der Waals surface area contributed by atoms with E-state index in [1.165, 1.54) is 30.5 Å². The second-order valence-electron chi connectivity index (χ2n) is 5.05. The van der Waals surface area contributed by atoms with E-state index in [-0.39, 0.29) is 0 Å². The Kier molecular flexibility index (Phi) is 3.81. The topological polar surface area (TPSA) is 21.7 Å². The zero-order valence-electron chi connectivity index (χ0n) is 10.9. The number of hydrogen-bond acceptors (Lipinski definition) is 3. The first-order chi connectivity index (χ1) is 8.93. The van der Waals surface area contributed by atoms with Gasteiger partial charge in [0.1, 0.15) is 5.75 Å². The van der Waals surface area contributed by atoms with Gasteiger partial charge in [-0.3, -0.25) is 4.90 Å². The molecule has 0 bridgehead atoms. The Bertz CT molecular complexity index is 399. The molecular weight excluding hydrogens is 226 g/mol. The summed E-state index contributed by atoms with van der Waals surface area (Å²) in [5.74, 6) is 1.11. The van der Waals surface area contributed by atoms with Crippen LogP contribution < -0.4 is 4.74 Å². The zero-order chi connectivity index (χ0) is 12.2. The van der Waals surface area contributed by atoms with Crippen LogP contribution in [-0.4, -0.2) is 44.4 Å². The van der Waals surface area contributed by atoms with Crippen molar-refractivity contribution in [3.63, 3.8) is 0 Å². The molecule has 0 amide bonds. The van der Waals surface area contributed by atoms with Crippen molar-refractivity contribution in [3.8, 4) is 5.75 Å². The van der Waals surface area contributed by atoms with Gasteiger partial charge < -0.3 is 9.47 Å². The molecule has 0 unspecified atom stereocenters. The van der Waals surface area contributed by atoms with E-state index in [2.05, 4.69) is 23.1 Å². The molecule has 3 heteroatoms. The van der Waals surface area contributed by atoms with Crippen LogP contribution in [0.4, 0.5) is 0 Å². The first-order valence-electron chi connectivity index (χ1n) is 6.97. The number of benzene rings is 1. The molecule has 0 N–H and O–H groups in total. The summed E-state index contributed by atoms with van der Waals surface area (Å²) in [7, 11) is 0. The number of morpholine rings is 1. The lowest BCUT2D eigenvalue weighted by atomic mass is 10.0. The van der Waals surface area contributed by atoms with Crippen LogP contribution in [0.1, 0.15) is 17.5 Å². The van der Waals surface area contributed by atoms with Gasteiger partial charge in [0, 0.05) is 25.1 Å². The van der Waals surface area contributed by atoms with E-state index in [4.69, 9.17) is 9.47 Å². The maximum absolute atomic E-state index is 5.61. The van der Waals surface area contributed by atoms with E-state index in [0.717, 1.165) is 45.1 Å². The Morgan fingerprint density at radius 1 is 1.11 bits per heavy atom. The van der Waals surface area contributed by atoms with Crippen molar-refractivity contribution in [3.05, 3.63) is 29.3 Å². The van der Waals surface area contributed by atoms with Gasteiger partial charge in [-0.2, -0.15) is 0 Å². The van der Waals surface area contributed by atoms with Crippen molar-refractivity contribution in [2.24, 2.45) is 0 Å². The van der Waals surface area contributed by atoms with Crippen molar-refractivity contribution < 1.29 is 9.47 Å².